The SMILES string of the molecule is CNc1ncc(-c2c(C)noc2C)cc1NCc1ccsc1. The van der Waals surface area contributed by atoms with Crippen molar-refractivity contribution >= 4 is 22.8 Å². The van der Waals surface area contributed by atoms with Crippen molar-refractivity contribution in [2.75, 3.05) is 17.7 Å². The van der Waals surface area contributed by atoms with Gasteiger partial charge in [0.1, 0.15) is 11.6 Å². The van der Waals surface area contributed by atoms with Crippen molar-refractivity contribution in [1.29, 1.82) is 0 Å². The molecule has 22 heavy (non-hydrogen) atoms. The zero-order chi connectivity index (χ0) is 15.5. The second kappa shape index (κ2) is 6.19. The maximum atomic E-state index is 5.25. The Morgan fingerprint density at radius 2 is 2.18 bits per heavy atom. The van der Waals surface area contributed by atoms with Crippen LogP contribution in [0.2, 0.25) is 0 Å². The maximum absolute atomic E-state index is 5.25. The van der Waals surface area contributed by atoms with E-state index in [1.54, 1.807) is 11.3 Å². The molecule has 0 fully saturated rings. The van der Waals surface area contributed by atoms with E-state index >= 15 is 0 Å². The van der Waals surface area contributed by atoms with Gasteiger partial charge in [-0.05, 0) is 42.3 Å². The summed E-state index contributed by atoms with van der Waals surface area (Å²) < 4.78 is 5.25. The number of aromatic nitrogens is 2. The Kier molecular flexibility index (Phi) is 4.11. The van der Waals surface area contributed by atoms with Gasteiger partial charge < -0.3 is 15.2 Å². The van der Waals surface area contributed by atoms with Crippen LogP contribution in [0.5, 0.6) is 0 Å². The van der Waals surface area contributed by atoms with Crippen LogP contribution in [0.4, 0.5) is 11.5 Å². The molecule has 0 amide bonds. The van der Waals surface area contributed by atoms with E-state index in [9.17, 15) is 0 Å². The summed E-state index contributed by atoms with van der Waals surface area (Å²) in [5, 5.41) is 14.8. The molecule has 0 aliphatic heterocycles. The molecule has 0 unspecified atom stereocenters. The number of pyridine rings is 1. The number of nitrogens with zero attached hydrogens (tertiary/aromatic N) is 2. The summed E-state index contributed by atoms with van der Waals surface area (Å²) in [6, 6.07) is 4.19. The van der Waals surface area contributed by atoms with Crippen LogP contribution in [0.15, 0.2) is 33.6 Å². The number of hydrogen-bond donors (Lipinski definition) is 2. The first-order chi connectivity index (χ1) is 10.7. The third kappa shape index (κ3) is 2.82. The Bertz CT molecular complexity index is 745. The molecular weight excluding hydrogens is 296 g/mol. The molecule has 3 heterocycles. The van der Waals surface area contributed by atoms with E-state index in [1.807, 2.05) is 27.1 Å². The van der Waals surface area contributed by atoms with Crippen LogP contribution in [-0.2, 0) is 6.54 Å². The Morgan fingerprint density at radius 1 is 1.32 bits per heavy atom. The summed E-state index contributed by atoms with van der Waals surface area (Å²) in [7, 11) is 1.87. The normalized spacial score (nSPS) is 10.7. The molecule has 0 radical (unpaired) electrons. The molecule has 0 bridgehead atoms. The zero-order valence-corrected chi connectivity index (χ0v) is 13.6. The average molecular weight is 314 g/mol. The van der Waals surface area contributed by atoms with E-state index in [1.165, 1.54) is 5.56 Å². The zero-order valence-electron chi connectivity index (χ0n) is 12.8. The molecule has 0 saturated heterocycles. The van der Waals surface area contributed by atoms with Crippen LogP contribution < -0.4 is 10.6 Å². The molecule has 5 nitrogen and oxygen atoms in total. The van der Waals surface area contributed by atoms with Crippen LogP contribution in [0.1, 0.15) is 17.0 Å². The summed E-state index contributed by atoms with van der Waals surface area (Å²) in [4.78, 5) is 4.49. The van der Waals surface area contributed by atoms with Gasteiger partial charge in [0.25, 0.3) is 0 Å². The summed E-state index contributed by atoms with van der Waals surface area (Å²) in [6.45, 7) is 4.63. The lowest BCUT2D eigenvalue weighted by molar-refractivity contribution is 0.393. The first-order valence-corrected chi connectivity index (χ1v) is 7.99. The molecular formula is C16H18N4OS. The standard InChI is InChI=1S/C16H18N4OS/c1-10-15(11(2)21-20-10)13-6-14(16(17-3)19-8-13)18-7-12-4-5-22-9-12/h4-6,8-9,18H,7H2,1-3H3,(H,17,19). The van der Waals surface area contributed by atoms with Crippen molar-refractivity contribution in [2.24, 2.45) is 0 Å². The monoisotopic (exact) mass is 314 g/mol. The third-order valence-corrected chi connectivity index (χ3v) is 4.24. The van der Waals surface area contributed by atoms with Gasteiger partial charge in [0, 0.05) is 30.9 Å². The maximum Gasteiger partial charge on any atom is 0.149 e. The first kappa shape index (κ1) is 14.6. The highest BCUT2D eigenvalue weighted by atomic mass is 32.1. The Balaban J connectivity index is 1.92. The van der Waals surface area contributed by atoms with Crippen molar-refractivity contribution in [2.45, 2.75) is 20.4 Å². The molecule has 0 aliphatic carbocycles. The number of aryl methyl sites for hydroxylation is 2. The molecule has 6 heteroatoms. The molecule has 3 aromatic heterocycles. The molecule has 0 spiro atoms. The Labute approximate surface area is 133 Å². The van der Waals surface area contributed by atoms with Crippen LogP contribution in [0.3, 0.4) is 0 Å². The van der Waals surface area contributed by atoms with Crippen molar-refractivity contribution in [1.82, 2.24) is 10.1 Å². The Hall–Kier alpha value is -2.34. The molecule has 0 aliphatic rings. The van der Waals surface area contributed by atoms with Crippen molar-refractivity contribution < 1.29 is 4.52 Å². The largest absolute Gasteiger partial charge is 0.378 e. The van der Waals surface area contributed by atoms with Crippen molar-refractivity contribution in [3.8, 4) is 11.1 Å². The minimum absolute atomic E-state index is 0.769. The van der Waals surface area contributed by atoms with Crippen molar-refractivity contribution in [3.63, 3.8) is 0 Å². The van der Waals surface area contributed by atoms with Crippen LogP contribution in [-0.4, -0.2) is 17.2 Å². The van der Waals surface area contributed by atoms with E-state index < -0.39 is 0 Å². The van der Waals surface area contributed by atoms with Gasteiger partial charge in [0.05, 0.1) is 11.4 Å². The van der Waals surface area contributed by atoms with Gasteiger partial charge in [-0.25, -0.2) is 4.98 Å². The molecule has 0 saturated carbocycles. The molecule has 2 N–H and O–H groups in total. The number of thiophene rings is 1. The van der Waals surface area contributed by atoms with Crippen LogP contribution in [0, 0.1) is 13.8 Å². The lowest BCUT2D eigenvalue weighted by atomic mass is 10.1. The highest BCUT2D eigenvalue weighted by Crippen LogP contribution is 2.31. The fraction of sp³-hybridized carbons (Fsp3) is 0.250. The lowest BCUT2D eigenvalue weighted by Crippen LogP contribution is -2.04. The number of hydrogen-bond acceptors (Lipinski definition) is 6. The average Bonchev–Trinajstić information content (AvgIpc) is 3.15. The predicted octanol–water partition coefficient (Wildman–Crippen LogP) is 4.07. The topological polar surface area (TPSA) is 63.0 Å². The second-order valence-electron chi connectivity index (χ2n) is 5.05. The van der Waals surface area contributed by atoms with Gasteiger partial charge in [0.15, 0.2) is 0 Å². The van der Waals surface area contributed by atoms with Gasteiger partial charge in [0.2, 0.25) is 0 Å². The molecule has 114 valence electrons. The smallest absolute Gasteiger partial charge is 0.149 e. The van der Waals surface area contributed by atoms with E-state index in [-0.39, 0.29) is 0 Å². The van der Waals surface area contributed by atoms with Gasteiger partial charge in [-0.3, -0.25) is 0 Å². The molecule has 3 aromatic rings. The fourth-order valence-electron chi connectivity index (χ4n) is 2.42. The molecule has 3 rings (SSSR count). The van der Waals surface area contributed by atoms with Crippen LogP contribution in [0.25, 0.3) is 11.1 Å². The van der Waals surface area contributed by atoms with Gasteiger partial charge in [-0.15, -0.1) is 0 Å². The lowest BCUT2D eigenvalue weighted by Gasteiger charge is -2.12. The fourth-order valence-corrected chi connectivity index (χ4v) is 3.09. The molecule has 0 aromatic carbocycles. The minimum atomic E-state index is 0.769. The van der Waals surface area contributed by atoms with Crippen LogP contribution >= 0.6 is 11.3 Å². The van der Waals surface area contributed by atoms with Gasteiger partial charge >= 0.3 is 0 Å². The predicted molar refractivity (Wildman–Crippen MR) is 90.4 cm³/mol. The van der Waals surface area contributed by atoms with E-state index in [2.05, 4.69) is 43.7 Å². The quantitative estimate of drug-likeness (QED) is 0.743. The minimum Gasteiger partial charge on any atom is -0.378 e. The third-order valence-electron chi connectivity index (χ3n) is 3.51. The van der Waals surface area contributed by atoms with Gasteiger partial charge in [-0.1, -0.05) is 5.16 Å². The van der Waals surface area contributed by atoms with Gasteiger partial charge in [-0.2, -0.15) is 11.3 Å². The summed E-state index contributed by atoms with van der Waals surface area (Å²) in [5.74, 6) is 1.63. The number of anilines is 2. The highest BCUT2D eigenvalue weighted by molar-refractivity contribution is 7.07. The van der Waals surface area contributed by atoms with E-state index in [0.717, 1.165) is 40.6 Å². The summed E-state index contributed by atoms with van der Waals surface area (Å²) in [5.41, 5.74) is 5.11. The first-order valence-electron chi connectivity index (χ1n) is 7.05. The number of rotatable bonds is 5. The second-order valence-corrected chi connectivity index (χ2v) is 5.83. The Morgan fingerprint density at radius 3 is 2.82 bits per heavy atom. The molecule has 0 atom stereocenters. The van der Waals surface area contributed by atoms with Crippen molar-refractivity contribution in [3.05, 3.63) is 46.1 Å². The van der Waals surface area contributed by atoms with E-state index in [0.29, 0.717) is 0 Å². The number of nitrogens with one attached hydrogen (secondary N) is 2. The highest BCUT2D eigenvalue weighted by Gasteiger charge is 2.14. The van der Waals surface area contributed by atoms with E-state index in [4.69, 9.17) is 4.52 Å². The summed E-state index contributed by atoms with van der Waals surface area (Å²) >= 11 is 1.70. The summed E-state index contributed by atoms with van der Waals surface area (Å²) in [6.07, 6.45) is 1.84.